The Balaban J connectivity index is 1.42. The zero-order chi connectivity index (χ0) is 22.5. The third-order valence-electron chi connectivity index (χ3n) is 6.95. The molecule has 2 N–H and O–H groups in total. The molecule has 2 bridgehead atoms. The van der Waals surface area contributed by atoms with E-state index in [1.165, 1.54) is 6.20 Å². The van der Waals surface area contributed by atoms with Crippen LogP contribution in [-0.2, 0) is 9.53 Å². The van der Waals surface area contributed by atoms with Crippen molar-refractivity contribution in [2.45, 2.75) is 50.9 Å². The molecule has 3 aliphatic heterocycles. The van der Waals surface area contributed by atoms with E-state index < -0.39 is 0 Å². The second-order valence-electron chi connectivity index (χ2n) is 9.12. The van der Waals surface area contributed by atoms with Crippen LogP contribution in [0.2, 0.25) is 0 Å². The van der Waals surface area contributed by atoms with Crippen LogP contribution in [0.5, 0.6) is 0 Å². The predicted octanol–water partition coefficient (Wildman–Crippen LogP) is 1.42. The van der Waals surface area contributed by atoms with Gasteiger partial charge in [0.25, 0.3) is 0 Å². The Bertz CT molecular complexity index is 1170. The number of carbonyl (C=O) groups excluding carboxylic acids is 1. The molecule has 3 saturated heterocycles. The summed E-state index contributed by atoms with van der Waals surface area (Å²) in [5.74, 6) is 1.15. The monoisotopic (exact) mass is 449 g/mol. The van der Waals surface area contributed by atoms with Crippen LogP contribution >= 0.6 is 0 Å². The van der Waals surface area contributed by atoms with E-state index in [9.17, 15) is 4.79 Å². The van der Waals surface area contributed by atoms with Crippen molar-refractivity contribution in [3.05, 3.63) is 18.7 Å². The number of likely N-dealkylation sites (tertiary alicyclic amines) is 1. The summed E-state index contributed by atoms with van der Waals surface area (Å²) in [5.41, 5.74) is 8.51. The number of nitrogens with zero attached hydrogens (tertiary/aromatic N) is 8. The molecule has 0 spiro atoms. The minimum atomic E-state index is 0.125. The molecule has 0 aromatic carbocycles. The van der Waals surface area contributed by atoms with Gasteiger partial charge in [-0.1, -0.05) is 0 Å². The van der Waals surface area contributed by atoms with Crippen LogP contribution in [0, 0.1) is 0 Å². The number of nitrogens with two attached hydrogens (primary N) is 1. The normalized spacial score (nSPS) is 23.4. The van der Waals surface area contributed by atoms with Crippen molar-refractivity contribution in [2.75, 3.05) is 36.8 Å². The molecule has 3 fully saturated rings. The highest BCUT2D eigenvalue weighted by Gasteiger charge is 2.35. The molecule has 1 amide bonds. The number of fused-ring (bicyclic) bond motifs is 3. The molecule has 172 valence electrons. The highest BCUT2D eigenvalue weighted by atomic mass is 16.5. The van der Waals surface area contributed by atoms with E-state index in [1.807, 2.05) is 11.2 Å². The second kappa shape index (κ2) is 7.91. The maximum absolute atomic E-state index is 11.8. The van der Waals surface area contributed by atoms with Gasteiger partial charge in [0.05, 0.1) is 30.9 Å². The highest BCUT2D eigenvalue weighted by Crippen LogP contribution is 2.33. The van der Waals surface area contributed by atoms with Gasteiger partial charge >= 0.3 is 0 Å². The van der Waals surface area contributed by atoms with Crippen LogP contribution in [0.1, 0.15) is 38.6 Å². The largest absolute Gasteiger partial charge is 0.382 e. The van der Waals surface area contributed by atoms with Gasteiger partial charge in [-0.05, 0) is 25.7 Å². The number of piperidine rings is 1. The SMILES string of the molecule is CC(=O)N1CCC(n2cnc3c(-c4cnc(N)cn4)nc(N4CC5CCC(C4)O5)nc32)CC1. The van der Waals surface area contributed by atoms with E-state index >= 15 is 0 Å². The third kappa shape index (κ3) is 3.65. The van der Waals surface area contributed by atoms with E-state index in [1.54, 1.807) is 13.1 Å². The fraction of sp³-hybridized carbons (Fsp3) is 0.545. The van der Waals surface area contributed by atoms with Crippen molar-refractivity contribution in [3.63, 3.8) is 0 Å². The van der Waals surface area contributed by atoms with E-state index in [2.05, 4.69) is 19.4 Å². The van der Waals surface area contributed by atoms with Crippen LogP contribution in [0.3, 0.4) is 0 Å². The summed E-state index contributed by atoms with van der Waals surface area (Å²) in [4.78, 5) is 39.1. The number of anilines is 2. The number of amides is 1. The van der Waals surface area contributed by atoms with Gasteiger partial charge in [0.2, 0.25) is 11.9 Å². The predicted molar refractivity (Wildman–Crippen MR) is 121 cm³/mol. The Labute approximate surface area is 191 Å². The van der Waals surface area contributed by atoms with Gasteiger partial charge in [0.1, 0.15) is 22.7 Å². The van der Waals surface area contributed by atoms with Crippen LogP contribution in [0.25, 0.3) is 22.6 Å². The summed E-state index contributed by atoms with van der Waals surface area (Å²) < 4.78 is 8.15. The lowest BCUT2D eigenvalue weighted by Crippen LogP contribution is -2.43. The maximum atomic E-state index is 11.8. The zero-order valence-electron chi connectivity index (χ0n) is 18.6. The van der Waals surface area contributed by atoms with Crippen LogP contribution in [0.15, 0.2) is 18.7 Å². The molecule has 6 heterocycles. The molecule has 0 aliphatic carbocycles. The van der Waals surface area contributed by atoms with Crippen LogP contribution in [0.4, 0.5) is 11.8 Å². The number of imidazole rings is 1. The van der Waals surface area contributed by atoms with E-state index in [4.69, 9.17) is 25.4 Å². The smallest absolute Gasteiger partial charge is 0.228 e. The number of ether oxygens (including phenoxy) is 1. The van der Waals surface area contributed by atoms with Crippen molar-refractivity contribution in [3.8, 4) is 11.4 Å². The maximum Gasteiger partial charge on any atom is 0.228 e. The zero-order valence-corrected chi connectivity index (χ0v) is 18.6. The Kier molecular flexibility index (Phi) is 4.86. The molecule has 3 aromatic heterocycles. The molecule has 3 aliphatic rings. The summed E-state index contributed by atoms with van der Waals surface area (Å²) in [5, 5.41) is 0. The Morgan fingerprint density at radius 2 is 1.79 bits per heavy atom. The number of aromatic nitrogens is 6. The first-order valence-electron chi connectivity index (χ1n) is 11.5. The lowest BCUT2D eigenvalue weighted by Gasteiger charge is -2.33. The van der Waals surface area contributed by atoms with Gasteiger partial charge in [0.15, 0.2) is 5.65 Å². The van der Waals surface area contributed by atoms with E-state index in [-0.39, 0.29) is 24.2 Å². The van der Waals surface area contributed by atoms with Crippen molar-refractivity contribution in [1.82, 2.24) is 34.4 Å². The molecule has 11 heteroatoms. The van der Waals surface area contributed by atoms with Crippen molar-refractivity contribution < 1.29 is 9.53 Å². The van der Waals surface area contributed by atoms with Gasteiger partial charge in [-0.25, -0.2) is 19.9 Å². The number of hydrogen-bond acceptors (Lipinski definition) is 9. The first kappa shape index (κ1) is 20.3. The summed E-state index contributed by atoms with van der Waals surface area (Å²) in [7, 11) is 0. The summed E-state index contributed by atoms with van der Waals surface area (Å²) >= 11 is 0. The minimum Gasteiger partial charge on any atom is -0.382 e. The average Bonchev–Trinajstić information content (AvgIpc) is 3.41. The topological polar surface area (TPSA) is 128 Å². The second-order valence-corrected chi connectivity index (χ2v) is 9.12. The molecule has 3 aromatic rings. The fourth-order valence-electron chi connectivity index (χ4n) is 5.19. The minimum absolute atomic E-state index is 0.125. The van der Waals surface area contributed by atoms with Crippen LogP contribution in [-0.4, -0.2) is 78.7 Å². The fourth-order valence-corrected chi connectivity index (χ4v) is 5.19. The number of carbonyl (C=O) groups is 1. The first-order chi connectivity index (χ1) is 16.0. The molecule has 6 rings (SSSR count). The molecular weight excluding hydrogens is 422 g/mol. The summed E-state index contributed by atoms with van der Waals surface area (Å²) in [6, 6.07) is 0.222. The van der Waals surface area contributed by atoms with Gasteiger partial charge < -0.3 is 24.8 Å². The molecular formula is C22H27N9O2. The number of rotatable bonds is 3. The summed E-state index contributed by atoms with van der Waals surface area (Å²) in [6.45, 7) is 4.66. The quantitative estimate of drug-likeness (QED) is 0.631. The van der Waals surface area contributed by atoms with Gasteiger partial charge in [0, 0.05) is 39.1 Å². The van der Waals surface area contributed by atoms with Gasteiger partial charge in [-0.2, -0.15) is 4.98 Å². The Hall–Kier alpha value is -3.34. The van der Waals surface area contributed by atoms with Crippen molar-refractivity contribution >= 4 is 28.8 Å². The number of morpholine rings is 1. The third-order valence-corrected chi connectivity index (χ3v) is 6.95. The highest BCUT2D eigenvalue weighted by molar-refractivity contribution is 5.87. The van der Waals surface area contributed by atoms with Gasteiger partial charge in [-0.15, -0.1) is 0 Å². The molecule has 2 atom stereocenters. The molecule has 11 nitrogen and oxygen atoms in total. The Morgan fingerprint density at radius 1 is 1.03 bits per heavy atom. The lowest BCUT2D eigenvalue weighted by molar-refractivity contribution is -0.130. The molecule has 33 heavy (non-hydrogen) atoms. The standard InChI is InChI=1S/C22H27N9O2/c1-13(32)29-6-4-14(5-7-29)31-12-26-20-19(17-8-25-18(23)9-24-17)27-22(28-21(20)31)30-10-15-2-3-16(11-30)33-15/h8-9,12,14-16H,2-7,10-11H2,1H3,(H2,23,25). The summed E-state index contributed by atoms with van der Waals surface area (Å²) in [6.07, 6.45) is 9.34. The molecule has 0 saturated carbocycles. The molecule has 2 unspecified atom stereocenters. The van der Waals surface area contributed by atoms with Crippen molar-refractivity contribution in [1.29, 1.82) is 0 Å². The van der Waals surface area contributed by atoms with Crippen LogP contribution < -0.4 is 10.6 Å². The van der Waals surface area contributed by atoms with Gasteiger partial charge in [-0.3, -0.25) is 4.79 Å². The Morgan fingerprint density at radius 3 is 2.45 bits per heavy atom. The first-order valence-corrected chi connectivity index (χ1v) is 11.5. The van der Waals surface area contributed by atoms with Crippen molar-refractivity contribution in [2.24, 2.45) is 0 Å². The molecule has 0 radical (unpaired) electrons. The van der Waals surface area contributed by atoms with E-state index in [0.29, 0.717) is 28.7 Å². The van der Waals surface area contributed by atoms with E-state index in [0.717, 1.165) is 57.5 Å². The number of hydrogen-bond donors (Lipinski definition) is 1. The lowest BCUT2D eigenvalue weighted by atomic mass is 10.0. The number of nitrogen functional groups attached to an aromatic ring is 1. The average molecular weight is 450 g/mol.